The molecule has 1 aromatic heterocycles. The molecule has 3 nitrogen and oxygen atoms in total. The summed E-state index contributed by atoms with van der Waals surface area (Å²) in [5.74, 6) is 0. The molecule has 0 amide bonds. The number of aromatic amines is 1. The van der Waals surface area contributed by atoms with Gasteiger partial charge < -0.3 is 15.4 Å². The minimum absolute atomic E-state index is 0.676. The maximum atomic E-state index is 10.6. The third kappa shape index (κ3) is 1.52. The van der Waals surface area contributed by atoms with Crippen molar-refractivity contribution < 1.29 is 5.11 Å². The Balaban J connectivity index is 2.04. The predicted octanol–water partition coefficient (Wildman–Crippen LogP) is 1.74. The highest BCUT2D eigenvalue weighted by Crippen LogP contribution is 2.31. The van der Waals surface area contributed by atoms with Crippen LogP contribution in [0, 0.1) is 0 Å². The van der Waals surface area contributed by atoms with E-state index >= 15 is 0 Å². The second-order valence-corrected chi connectivity index (χ2v) is 4.55. The predicted molar refractivity (Wildman–Crippen MR) is 64.3 cm³/mol. The molecule has 1 aliphatic rings. The van der Waals surface area contributed by atoms with E-state index in [1.54, 1.807) is 0 Å². The summed E-state index contributed by atoms with van der Waals surface area (Å²) in [5.41, 5.74) is 1.38. The lowest BCUT2D eigenvalue weighted by molar-refractivity contribution is 0.00254. The topological polar surface area (TPSA) is 48.0 Å². The minimum Gasteiger partial charge on any atom is -0.384 e. The first-order valence-electron chi connectivity index (χ1n) is 5.79. The van der Waals surface area contributed by atoms with E-state index in [1.165, 1.54) is 5.39 Å². The largest absolute Gasteiger partial charge is 0.384 e. The molecule has 0 atom stereocenters. The van der Waals surface area contributed by atoms with Gasteiger partial charge in [0.15, 0.2) is 0 Å². The molecule has 0 unspecified atom stereocenters. The third-order valence-electron chi connectivity index (χ3n) is 3.46. The molecule has 0 saturated carbocycles. The molecule has 2 aromatic rings. The number of piperidine rings is 1. The van der Waals surface area contributed by atoms with Gasteiger partial charge in [-0.2, -0.15) is 0 Å². The number of H-pyrrole nitrogens is 1. The fourth-order valence-corrected chi connectivity index (χ4v) is 2.43. The molecule has 1 saturated heterocycles. The van der Waals surface area contributed by atoms with Crippen LogP contribution in [0.2, 0.25) is 0 Å². The van der Waals surface area contributed by atoms with Gasteiger partial charge in [0.05, 0.1) is 0 Å². The fourth-order valence-electron chi connectivity index (χ4n) is 2.43. The van der Waals surface area contributed by atoms with Crippen LogP contribution in [0.3, 0.4) is 0 Å². The Morgan fingerprint density at radius 1 is 1.12 bits per heavy atom. The Morgan fingerprint density at radius 3 is 2.62 bits per heavy atom. The average molecular weight is 216 g/mol. The molecule has 16 heavy (non-hydrogen) atoms. The van der Waals surface area contributed by atoms with Crippen molar-refractivity contribution in [2.24, 2.45) is 0 Å². The molecular formula is C13H16N2O. The molecule has 0 bridgehead atoms. The van der Waals surface area contributed by atoms with Crippen LogP contribution in [0.15, 0.2) is 30.3 Å². The van der Waals surface area contributed by atoms with Crippen molar-refractivity contribution in [2.75, 3.05) is 13.1 Å². The molecule has 2 heterocycles. The Bertz CT molecular complexity index is 464. The zero-order valence-electron chi connectivity index (χ0n) is 9.16. The van der Waals surface area contributed by atoms with Crippen LogP contribution in [0.1, 0.15) is 18.5 Å². The van der Waals surface area contributed by atoms with Gasteiger partial charge in [-0.3, -0.25) is 0 Å². The van der Waals surface area contributed by atoms with Crippen molar-refractivity contribution in [1.82, 2.24) is 10.3 Å². The number of para-hydroxylation sites is 1. The first-order valence-corrected chi connectivity index (χ1v) is 5.79. The van der Waals surface area contributed by atoms with Gasteiger partial charge in [-0.15, -0.1) is 0 Å². The fraction of sp³-hybridized carbons (Fsp3) is 0.385. The van der Waals surface area contributed by atoms with E-state index in [-0.39, 0.29) is 0 Å². The molecule has 3 N–H and O–H groups in total. The highest BCUT2D eigenvalue weighted by molar-refractivity contribution is 5.80. The van der Waals surface area contributed by atoms with Gasteiger partial charge in [0.1, 0.15) is 5.60 Å². The van der Waals surface area contributed by atoms with Gasteiger partial charge in [-0.05, 0) is 43.5 Å². The summed E-state index contributed by atoms with van der Waals surface area (Å²) in [4.78, 5) is 3.33. The summed E-state index contributed by atoms with van der Waals surface area (Å²) >= 11 is 0. The van der Waals surface area contributed by atoms with Crippen molar-refractivity contribution in [1.29, 1.82) is 0 Å². The van der Waals surface area contributed by atoms with Gasteiger partial charge in [0.25, 0.3) is 0 Å². The van der Waals surface area contributed by atoms with Crippen molar-refractivity contribution in [3.8, 4) is 0 Å². The number of fused-ring (bicyclic) bond motifs is 1. The lowest BCUT2D eigenvalue weighted by atomic mass is 9.89. The Labute approximate surface area is 94.5 Å². The van der Waals surface area contributed by atoms with E-state index in [2.05, 4.69) is 22.4 Å². The van der Waals surface area contributed by atoms with Gasteiger partial charge in [0, 0.05) is 11.2 Å². The number of hydrogen-bond donors (Lipinski definition) is 3. The molecule has 3 heteroatoms. The molecule has 0 radical (unpaired) electrons. The van der Waals surface area contributed by atoms with E-state index in [0.29, 0.717) is 0 Å². The number of aliphatic hydroxyl groups is 1. The Kier molecular flexibility index (Phi) is 2.23. The standard InChI is InChI=1S/C13H16N2O/c16-13(5-7-14-8-6-13)12-9-10-3-1-2-4-11(10)15-12/h1-4,9,14-16H,5-8H2. The van der Waals surface area contributed by atoms with Gasteiger partial charge >= 0.3 is 0 Å². The zero-order chi connectivity index (χ0) is 11.0. The lowest BCUT2D eigenvalue weighted by Gasteiger charge is -2.31. The second kappa shape index (κ2) is 3.61. The lowest BCUT2D eigenvalue weighted by Crippen LogP contribution is -2.39. The molecule has 0 aliphatic carbocycles. The van der Waals surface area contributed by atoms with Crippen LogP contribution in [0.4, 0.5) is 0 Å². The van der Waals surface area contributed by atoms with Crippen LogP contribution in [0.25, 0.3) is 10.9 Å². The summed E-state index contributed by atoms with van der Waals surface area (Å²) in [5, 5.41) is 15.0. The first kappa shape index (κ1) is 9.87. The Hall–Kier alpha value is -1.32. The number of rotatable bonds is 1. The molecule has 1 aliphatic heterocycles. The van der Waals surface area contributed by atoms with Crippen LogP contribution in [-0.2, 0) is 5.60 Å². The Morgan fingerprint density at radius 2 is 1.88 bits per heavy atom. The van der Waals surface area contributed by atoms with E-state index in [4.69, 9.17) is 0 Å². The second-order valence-electron chi connectivity index (χ2n) is 4.55. The first-order chi connectivity index (χ1) is 7.78. The molecule has 1 fully saturated rings. The van der Waals surface area contributed by atoms with Gasteiger partial charge in [-0.1, -0.05) is 18.2 Å². The van der Waals surface area contributed by atoms with E-state index in [1.807, 2.05) is 18.2 Å². The molecule has 84 valence electrons. The SMILES string of the molecule is OC1(c2cc3ccccc3[nH]2)CCNCC1. The van der Waals surface area contributed by atoms with Crippen LogP contribution in [-0.4, -0.2) is 23.2 Å². The smallest absolute Gasteiger partial charge is 0.107 e. The summed E-state index contributed by atoms with van der Waals surface area (Å²) in [6.07, 6.45) is 1.56. The monoisotopic (exact) mass is 216 g/mol. The number of aromatic nitrogens is 1. The van der Waals surface area contributed by atoms with Crippen molar-refractivity contribution in [3.05, 3.63) is 36.0 Å². The van der Waals surface area contributed by atoms with Gasteiger partial charge in [0.2, 0.25) is 0 Å². The van der Waals surface area contributed by atoms with Crippen LogP contribution < -0.4 is 5.32 Å². The quantitative estimate of drug-likeness (QED) is 0.680. The van der Waals surface area contributed by atoms with Crippen molar-refractivity contribution >= 4 is 10.9 Å². The number of benzene rings is 1. The zero-order valence-corrected chi connectivity index (χ0v) is 9.16. The molecule has 0 spiro atoms. The average Bonchev–Trinajstić information content (AvgIpc) is 2.74. The van der Waals surface area contributed by atoms with Crippen molar-refractivity contribution in [3.63, 3.8) is 0 Å². The highest BCUT2D eigenvalue weighted by Gasteiger charge is 2.32. The molecule has 3 rings (SSSR count). The third-order valence-corrected chi connectivity index (χ3v) is 3.46. The summed E-state index contributed by atoms with van der Waals surface area (Å²) in [6.45, 7) is 1.76. The van der Waals surface area contributed by atoms with E-state index < -0.39 is 5.60 Å². The summed E-state index contributed by atoms with van der Waals surface area (Å²) < 4.78 is 0. The van der Waals surface area contributed by atoms with Gasteiger partial charge in [-0.25, -0.2) is 0 Å². The molecular weight excluding hydrogens is 200 g/mol. The summed E-state index contributed by atoms with van der Waals surface area (Å²) in [7, 11) is 0. The molecule has 1 aromatic carbocycles. The van der Waals surface area contributed by atoms with E-state index in [9.17, 15) is 5.11 Å². The van der Waals surface area contributed by atoms with E-state index in [0.717, 1.165) is 37.1 Å². The van der Waals surface area contributed by atoms with Crippen LogP contribution >= 0.6 is 0 Å². The summed E-state index contributed by atoms with van der Waals surface area (Å²) in [6, 6.07) is 10.2. The number of hydrogen-bond acceptors (Lipinski definition) is 2. The van der Waals surface area contributed by atoms with Crippen molar-refractivity contribution in [2.45, 2.75) is 18.4 Å². The van der Waals surface area contributed by atoms with Crippen LogP contribution in [0.5, 0.6) is 0 Å². The highest BCUT2D eigenvalue weighted by atomic mass is 16.3. The minimum atomic E-state index is -0.676. The normalized spacial score (nSPS) is 20.1. The maximum Gasteiger partial charge on any atom is 0.107 e. The maximum absolute atomic E-state index is 10.6. The number of nitrogens with one attached hydrogen (secondary N) is 2.